The molecule has 3 heterocycles. The number of hydrogen-bond acceptors (Lipinski definition) is 5. The Balaban J connectivity index is 0.000000442. The summed E-state index contributed by atoms with van der Waals surface area (Å²) in [5, 5.41) is 1.57. The van der Waals surface area contributed by atoms with Crippen LogP contribution < -0.4 is 25.6 Å². The molecule has 4 rings (SSSR count). The molecule has 6 heteroatoms. The molecule has 1 aromatic heterocycles. The second-order valence-corrected chi connectivity index (χ2v) is 8.76. The lowest BCUT2D eigenvalue weighted by atomic mass is 10.0. The van der Waals surface area contributed by atoms with Gasteiger partial charge in [0.2, 0.25) is 12.4 Å². The molecule has 1 fully saturated rings. The molecule has 178 valence electrons. The topological polar surface area (TPSA) is 57.8 Å². The van der Waals surface area contributed by atoms with Gasteiger partial charge in [0.05, 0.1) is 0 Å². The Hall–Kier alpha value is -2.83. The van der Waals surface area contributed by atoms with Gasteiger partial charge in [-0.1, -0.05) is 25.6 Å². The van der Waals surface area contributed by atoms with Gasteiger partial charge < -0.3 is 24.3 Å². The Morgan fingerprint density at radius 2 is 1.94 bits per heavy atom. The molecule has 6 nitrogen and oxygen atoms in total. The van der Waals surface area contributed by atoms with E-state index >= 15 is 0 Å². The van der Waals surface area contributed by atoms with E-state index in [4.69, 9.17) is 9.47 Å². The monoisotopic (exact) mass is 451 g/mol. The maximum absolute atomic E-state index is 12.0. The highest BCUT2D eigenvalue weighted by atomic mass is 16.7. The van der Waals surface area contributed by atoms with Gasteiger partial charge in [-0.05, 0) is 94.8 Å². The lowest BCUT2D eigenvalue weighted by molar-refractivity contribution is 0.174. The van der Waals surface area contributed by atoms with Crippen molar-refractivity contribution < 1.29 is 9.47 Å². The van der Waals surface area contributed by atoms with Crippen molar-refractivity contribution in [3.05, 3.63) is 62.4 Å². The quantitative estimate of drug-likeness (QED) is 0.732. The molecule has 0 atom stereocenters. The van der Waals surface area contributed by atoms with Crippen LogP contribution in [0.1, 0.15) is 44.2 Å². The van der Waals surface area contributed by atoms with Gasteiger partial charge in [-0.15, -0.1) is 0 Å². The first-order chi connectivity index (χ1) is 15.9. The lowest BCUT2D eigenvalue weighted by Crippen LogP contribution is -2.38. The number of likely N-dealkylation sites (tertiary alicyclic amines) is 1. The summed E-state index contributed by atoms with van der Waals surface area (Å²) in [5.41, 5.74) is 2.91. The zero-order chi connectivity index (χ0) is 23.8. The fraction of sp³-hybridized carbons (Fsp3) is 0.444. The summed E-state index contributed by atoms with van der Waals surface area (Å²) in [5.74, 6) is 1.51. The van der Waals surface area contributed by atoms with Crippen molar-refractivity contribution in [2.24, 2.45) is 0 Å². The van der Waals surface area contributed by atoms with E-state index in [9.17, 15) is 4.79 Å². The number of rotatable bonds is 6. The fourth-order valence-electron chi connectivity index (χ4n) is 4.18. The summed E-state index contributed by atoms with van der Waals surface area (Å²) in [6.45, 7) is 12.8. The van der Waals surface area contributed by atoms with Crippen LogP contribution in [0.25, 0.3) is 18.2 Å². The summed E-state index contributed by atoms with van der Waals surface area (Å²) < 4.78 is 10.9. The van der Waals surface area contributed by atoms with Crippen LogP contribution >= 0.6 is 0 Å². The Bertz CT molecular complexity index is 1130. The lowest BCUT2D eigenvalue weighted by Gasteiger charge is -2.16. The maximum Gasteiger partial charge on any atom is 0.248 e. The number of nitrogens with one attached hydrogen (secondary N) is 1. The van der Waals surface area contributed by atoms with E-state index in [-0.39, 0.29) is 12.4 Å². The van der Waals surface area contributed by atoms with E-state index in [1.165, 1.54) is 25.9 Å². The van der Waals surface area contributed by atoms with Crippen LogP contribution in [0, 0.1) is 0 Å². The number of hydrogen-bond donors (Lipinski definition) is 1. The number of pyridine rings is 1. The molecule has 1 N–H and O–H groups in total. The third-order valence-electron chi connectivity index (χ3n) is 5.94. The van der Waals surface area contributed by atoms with Gasteiger partial charge in [0, 0.05) is 23.2 Å². The third-order valence-corrected chi connectivity index (χ3v) is 5.94. The molecule has 33 heavy (non-hydrogen) atoms. The van der Waals surface area contributed by atoms with Crippen LogP contribution in [-0.4, -0.2) is 55.3 Å². The van der Waals surface area contributed by atoms with Crippen LogP contribution in [0.3, 0.4) is 0 Å². The van der Waals surface area contributed by atoms with Crippen molar-refractivity contribution in [1.82, 2.24) is 14.8 Å². The van der Waals surface area contributed by atoms with Gasteiger partial charge in [-0.3, -0.25) is 4.79 Å². The Kier molecular flexibility index (Phi) is 8.92. The number of allylic oxidation sites excluding steroid dienone is 2. The SMILES string of the molecule is C=c1[nH]c(=O)cc(CN(C)CCC)/c1=C/C(=C\C)c1ccc2c(c1)OCO2.CN1CCCC1. The minimum absolute atomic E-state index is 0.123. The molecule has 1 saturated heterocycles. The zero-order valence-electron chi connectivity index (χ0n) is 20.4. The van der Waals surface area contributed by atoms with Gasteiger partial charge in [-0.2, -0.15) is 0 Å². The molecule has 2 aromatic rings. The molecule has 0 amide bonds. The van der Waals surface area contributed by atoms with Crippen molar-refractivity contribution in [2.45, 2.75) is 39.7 Å². The minimum Gasteiger partial charge on any atom is -0.454 e. The van der Waals surface area contributed by atoms with Gasteiger partial charge in [0.15, 0.2) is 11.5 Å². The van der Waals surface area contributed by atoms with E-state index in [1.54, 1.807) is 6.07 Å². The summed E-state index contributed by atoms with van der Waals surface area (Å²) in [6, 6.07) is 7.57. The van der Waals surface area contributed by atoms with E-state index in [0.29, 0.717) is 11.9 Å². The second kappa shape index (κ2) is 11.9. The number of ether oxygens (including phenoxy) is 2. The first kappa shape index (κ1) is 24.8. The van der Waals surface area contributed by atoms with E-state index in [2.05, 4.69) is 48.5 Å². The fourth-order valence-corrected chi connectivity index (χ4v) is 4.18. The molecule has 2 aliphatic heterocycles. The number of benzene rings is 1. The minimum atomic E-state index is -0.123. The molecular weight excluding hydrogens is 414 g/mol. The summed E-state index contributed by atoms with van der Waals surface area (Å²) >= 11 is 0. The smallest absolute Gasteiger partial charge is 0.248 e. The highest BCUT2D eigenvalue weighted by Gasteiger charge is 2.14. The van der Waals surface area contributed by atoms with Crippen LogP contribution in [0.4, 0.5) is 0 Å². The highest BCUT2D eigenvalue weighted by Crippen LogP contribution is 2.34. The summed E-state index contributed by atoms with van der Waals surface area (Å²) in [7, 11) is 4.23. The predicted octanol–water partition coefficient (Wildman–Crippen LogP) is 2.95. The van der Waals surface area contributed by atoms with E-state index < -0.39 is 0 Å². The standard InChI is InChI=1S/C22H26N2O3.C5H11N/c1-5-9-24(4)13-18-12-22(25)23-15(3)19(18)10-16(6-2)17-7-8-20-21(11-17)27-14-26-20;1-6-4-2-3-5-6/h6-8,10-12H,3,5,9,13-14H2,1-2,4H3,(H,23,25);2-5H2,1H3/b16-6+,19-10+;. The van der Waals surface area contributed by atoms with Gasteiger partial charge in [-0.25, -0.2) is 0 Å². The molecule has 0 unspecified atom stereocenters. The Morgan fingerprint density at radius 3 is 2.58 bits per heavy atom. The van der Waals surface area contributed by atoms with Crippen molar-refractivity contribution in [3.8, 4) is 11.5 Å². The molecule has 0 radical (unpaired) electrons. The largest absolute Gasteiger partial charge is 0.454 e. The third kappa shape index (κ3) is 6.83. The average molecular weight is 452 g/mol. The molecule has 0 saturated carbocycles. The Morgan fingerprint density at radius 1 is 1.21 bits per heavy atom. The van der Waals surface area contributed by atoms with Crippen LogP contribution in [0.2, 0.25) is 0 Å². The predicted molar refractivity (Wildman–Crippen MR) is 136 cm³/mol. The number of H-pyrrole nitrogens is 1. The summed E-state index contributed by atoms with van der Waals surface area (Å²) in [6.07, 6.45) is 8.01. The van der Waals surface area contributed by atoms with Crippen LogP contribution in [-0.2, 0) is 6.54 Å². The second-order valence-electron chi connectivity index (χ2n) is 8.76. The molecule has 2 aliphatic rings. The highest BCUT2D eigenvalue weighted by molar-refractivity contribution is 5.89. The Labute approximate surface area is 196 Å². The number of fused-ring (bicyclic) bond motifs is 1. The van der Waals surface area contributed by atoms with E-state index in [0.717, 1.165) is 46.4 Å². The van der Waals surface area contributed by atoms with Crippen molar-refractivity contribution in [1.29, 1.82) is 0 Å². The van der Waals surface area contributed by atoms with Crippen LogP contribution in [0.15, 0.2) is 35.1 Å². The average Bonchev–Trinajstić information content (AvgIpc) is 3.44. The van der Waals surface area contributed by atoms with Crippen molar-refractivity contribution >= 4 is 18.2 Å². The normalized spacial score (nSPS) is 16.3. The maximum atomic E-state index is 12.0. The van der Waals surface area contributed by atoms with Crippen molar-refractivity contribution in [2.75, 3.05) is 40.5 Å². The molecule has 0 bridgehead atoms. The molecule has 0 spiro atoms. The van der Waals surface area contributed by atoms with Gasteiger partial charge >= 0.3 is 0 Å². The summed E-state index contributed by atoms with van der Waals surface area (Å²) in [4.78, 5) is 19.4. The molecule has 1 aromatic carbocycles. The zero-order valence-corrected chi connectivity index (χ0v) is 20.4. The first-order valence-electron chi connectivity index (χ1n) is 11.8. The van der Waals surface area contributed by atoms with Gasteiger partial charge in [0.1, 0.15) is 0 Å². The first-order valence-corrected chi connectivity index (χ1v) is 11.8. The number of aromatic nitrogens is 1. The van der Waals surface area contributed by atoms with Crippen LogP contribution in [0.5, 0.6) is 11.5 Å². The van der Waals surface area contributed by atoms with E-state index in [1.807, 2.05) is 31.2 Å². The van der Waals surface area contributed by atoms with Crippen molar-refractivity contribution in [3.63, 3.8) is 0 Å². The molecule has 0 aliphatic carbocycles. The molecular formula is C27H37N3O3. The number of nitrogens with zero attached hydrogens (tertiary/aromatic N) is 2. The van der Waals surface area contributed by atoms with Gasteiger partial charge in [0.25, 0.3) is 0 Å². The number of aromatic amines is 1.